The first kappa shape index (κ1) is 17.5. The maximum Gasteiger partial charge on any atom is 0.573 e. The molecule has 0 aliphatic heterocycles. The molecule has 0 fully saturated rings. The van der Waals surface area contributed by atoms with Crippen LogP contribution in [0.1, 0.15) is 0 Å². The van der Waals surface area contributed by atoms with Crippen LogP contribution in [0.15, 0.2) is 50.4 Å². The second-order valence-electron chi connectivity index (χ2n) is 5.25. The van der Waals surface area contributed by atoms with Gasteiger partial charge in [0.05, 0.1) is 10.4 Å². The fourth-order valence-electron chi connectivity index (χ4n) is 2.45. The van der Waals surface area contributed by atoms with Crippen molar-refractivity contribution in [1.29, 1.82) is 0 Å². The third-order valence-electron chi connectivity index (χ3n) is 3.56. The van der Waals surface area contributed by atoms with E-state index in [1.165, 1.54) is 4.52 Å². The molecule has 0 saturated heterocycles. The van der Waals surface area contributed by atoms with Crippen LogP contribution in [-0.4, -0.2) is 34.6 Å². The van der Waals surface area contributed by atoms with E-state index in [1.54, 1.807) is 11.4 Å². The van der Waals surface area contributed by atoms with E-state index in [4.69, 9.17) is 0 Å². The summed E-state index contributed by atoms with van der Waals surface area (Å²) < 4.78 is 67.5. The van der Waals surface area contributed by atoms with E-state index in [-0.39, 0.29) is 10.5 Å². The highest BCUT2D eigenvalue weighted by atomic mass is 32.2. The van der Waals surface area contributed by atoms with Crippen molar-refractivity contribution in [2.24, 2.45) is 0 Å². The van der Waals surface area contributed by atoms with Gasteiger partial charge in [-0.2, -0.15) is 4.98 Å². The number of fused-ring (bicyclic) bond motifs is 3. The highest BCUT2D eigenvalue weighted by Gasteiger charge is 2.32. The number of ether oxygens (including phenoxy) is 1. The Hall–Kier alpha value is -2.93. The topological polar surface area (TPSA) is 106 Å². The monoisotopic (exact) mass is 416 g/mol. The second-order valence-corrected chi connectivity index (χ2v) is 8.03. The Morgan fingerprint density at radius 3 is 2.52 bits per heavy atom. The molecule has 0 saturated carbocycles. The predicted molar refractivity (Wildman–Crippen MR) is 87.6 cm³/mol. The van der Waals surface area contributed by atoms with Crippen molar-refractivity contribution in [3.63, 3.8) is 0 Å². The lowest BCUT2D eigenvalue weighted by molar-refractivity contribution is -0.274. The molecule has 1 aromatic carbocycles. The van der Waals surface area contributed by atoms with E-state index >= 15 is 0 Å². The average molecular weight is 416 g/mol. The second kappa shape index (κ2) is 5.79. The first-order valence-corrected chi connectivity index (χ1v) is 9.48. The lowest BCUT2D eigenvalue weighted by Crippen LogP contribution is -2.17. The number of aromatic nitrogens is 4. The van der Waals surface area contributed by atoms with Gasteiger partial charge in [-0.15, -0.1) is 29.6 Å². The molecule has 0 amide bonds. The van der Waals surface area contributed by atoms with Gasteiger partial charge in [-0.3, -0.25) is 4.79 Å². The normalized spacial score (nSPS) is 12.7. The maximum atomic E-state index is 12.8. The predicted octanol–water partition coefficient (Wildman–Crippen LogP) is 2.36. The van der Waals surface area contributed by atoms with Gasteiger partial charge in [-0.05, 0) is 35.7 Å². The van der Waals surface area contributed by atoms with E-state index in [0.717, 1.165) is 35.6 Å². The summed E-state index contributed by atoms with van der Waals surface area (Å²) in [7, 11) is -4.25. The number of alkyl halides is 3. The van der Waals surface area contributed by atoms with Crippen molar-refractivity contribution < 1.29 is 26.3 Å². The zero-order valence-electron chi connectivity index (χ0n) is 12.9. The van der Waals surface area contributed by atoms with Gasteiger partial charge in [0.1, 0.15) is 10.4 Å². The summed E-state index contributed by atoms with van der Waals surface area (Å²) in [6.07, 6.45) is -4.89. The van der Waals surface area contributed by atoms with Gasteiger partial charge in [-0.25, -0.2) is 18.1 Å². The van der Waals surface area contributed by atoms with Gasteiger partial charge in [0.15, 0.2) is 5.65 Å². The molecule has 0 unspecified atom stereocenters. The van der Waals surface area contributed by atoms with Crippen LogP contribution < -0.4 is 10.3 Å². The quantitative estimate of drug-likeness (QED) is 0.550. The maximum absolute atomic E-state index is 12.8. The van der Waals surface area contributed by atoms with Gasteiger partial charge >= 0.3 is 6.36 Å². The summed E-state index contributed by atoms with van der Waals surface area (Å²) in [5, 5.41) is 7.35. The highest BCUT2D eigenvalue weighted by Crippen LogP contribution is 2.27. The van der Waals surface area contributed by atoms with Crippen molar-refractivity contribution in [1.82, 2.24) is 19.8 Å². The number of aromatic amines is 1. The minimum Gasteiger partial charge on any atom is -0.406 e. The van der Waals surface area contributed by atoms with Crippen LogP contribution in [0, 0.1) is 0 Å². The van der Waals surface area contributed by atoms with Crippen molar-refractivity contribution >= 4 is 37.0 Å². The number of hydrogen-bond donors (Lipinski definition) is 1. The van der Waals surface area contributed by atoms with Crippen LogP contribution in [0.25, 0.3) is 15.9 Å². The third kappa shape index (κ3) is 2.94. The van der Waals surface area contributed by atoms with Crippen LogP contribution in [0.3, 0.4) is 0 Å². The van der Waals surface area contributed by atoms with Crippen LogP contribution in [0.4, 0.5) is 13.2 Å². The summed E-state index contributed by atoms with van der Waals surface area (Å²) in [6, 6.07) is 5.23. The minimum absolute atomic E-state index is 0.207. The Bertz CT molecular complexity index is 1320. The summed E-state index contributed by atoms with van der Waals surface area (Å²) in [6.45, 7) is 0. The number of sulfone groups is 1. The fourth-order valence-corrected chi connectivity index (χ4v) is 4.47. The summed E-state index contributed by atoms with van der Waals surface area (Å²) in [4.78, 5) is 15.5. The van der Waals surface area contributed by atoms with Crippen LogP contribution in [0.5, 0.6) is 5.75 Å². The minimum atomic E-state index is -4.89. The molecule has 0 radical (unpaired) electrons. The molecule has 8 nitrogen and oxygen atoms in total. The van der Waals surface area contributed by atoms with Crippen LogP contribution in [-0.2, 0) is 9.84 Å². The molecule has 140 valence electrons. The van der Waals surface area contributed by atoms with Gasteiger partial charge in [-0.1, -0.05) is 0 Å². The number of benzene rings is 1. The van der Waals surface area contributed by atoms with Crippen molar-refractivity contribution in [3.05, 3.63) is 46.1 Å². The molecule has 1 N–H and O–H groups in total. The van der Waals surface area contributed by atoms with Crippen LogP contribution >= 0.6 is 11.3 Å². The number of H-pyrrole nitrogens is 1. The number of thiophene rings is 1. The summed E-state index contributed by atoms with van der Waals surface area (Å²) in [5.74, 6) is -0.567. The standard InChI is InChI=1S/C14H7F3N4O4S2/c15-14(16,17)25-7-1-3-8(4-2-7)27(23,24)13-11-18-12(22)10-9(5-6-26-10)21(11)20-19-13/h1-6,20H. The average Bonchev–Trinajstić information content (AvgIpc) is 3.20. The van der Waals surface area contributed by atoms with Gasteiger partial charge < -0.3 is 4.74 Å². The SMILES string of the molecule is O=c1nc2c(S(=O)(=O)c3ccc(OC(F)(F)F)cc3)n[nH]n2c2ccsc12. The molecule has 0 aliphatic carbocycles. The van der Waals surface area contributed by atoms with E-state index in [2.05, 4.69) is 20.0 Å². The Labute approximate surface area is 151 Å². The lowest BCUT2D eigenvalue weighted by atomic mass is 10.3. The van der Waals surface area contributed by atoms with E-state index < -0.39 is 32.5 Å². The van der Waals surface area contributed by atoms with Gasteiger partial charge in [0, 0.05) is 0 Å². The fraction of sp³-hybridized carbons (Fsp3) is 0.0714. The lowest BCUT2D eigenvalue weighted by Gasteiger charge is -2.09. The van der Waals surface area contributed by atoms with E-state index in [1.807, 2.05) is 0 Å². The molecule has 3 heterocycles. The summed E-state index contributed by atoms with van der Waals surface area (Å²) >= 11 is 1.15. The number of rotatable bonds is 3. The molecular weight excluding hydrogens is 409 g/mol. The number of nitrogens with zero attached hydrogens (tertiary/aromatic N) is 3. The molecule has 4 rings (SSSR count). The first-order chi connectivity index (χ1) is 12.7. The van der Waals surface area contributed by atoms with Crippen molar-refractivity contribution in [3.8, 4) is 5.75 Å². The van der Waals surface area contributed by atoms with Crippen molar-refractivity contribution in [2.75, 3.05) is 0 Å². The Morgan fingerprint density at radius 2 is 1.85 bits per heavy atom. The van der Waals surface area contributed by atoms with Gasteiger partial charge in [0.2, 0.25) is 14.9 Å². The van der Waals surface area contributed by atoms with Crippen molar-refractivity contribution in [2.45, 2.75) is 16.3 Å². The van der Waals surface area contributed by atoms with E-state index in [9.17, 15) is 26.4 Å². The highest BCUT2D eigenvalue weighted by molar-refractivity contribution is 7.91. The molecule has 0 aliphatic rings. The molecule has 0 bridgehead atoms. The molecule has 0 atom stereocenters. The van der Waals surface area contributed by atoms with Crippen LogP contribution in [0.2, 0.25) is 0 Å². The zero-order chi connectivity index (χ0) is 19.4. The summed E-state index contributed by atoms with van der Waals surface area (Å²) in [5.41, 5.74) is -0.397. The number of hydrogen-bond acceptors (Lipinski definition) is 7. The van der Waals surface area contributed by atoms with Gasteiger partial charge in [0.25, 0.3) is 5.56 Å². The molecule has 27 heavy (non-hydrogen) atoms. The smallest absolute Gasteiger partial charge is 0.406 e. The Kier molecular flexibility index (Phi) is 3.75. The molecule has 3 aromatic heterocycles. The van der Waals surface area contributed by atoms with E-state index in [0.29, 0.717) is 10.2 Å². The Morgan fingerprint density at radius 1 is 1.15 bits per heavy atom. The molecule has 4 aromatic rings. The molecule has 13 heteroatoms. The first-order valence-electron chi connectivity index (χ1n) is 7.12. The zero-order valence-corrected chi connectivity index (χ0v) is 14.5. The Balaban J connectivity index is 1.83. The number of nitrogens with one attached hydrogen (secondary N) is 1. The molecule has 0 spiro atoms. The number of halogens is 3. The largest absolute Gasteiger partial charge is 0.573 e. The molecular formula is C14H7F3N4O4S2. The third-order valence-corrected chi connectivity index (χ3v) is 6.13.